The van der Waals surface area contributed by atoms with Gasteiger partial charge in [0.25, 0.3) is 0 Å². The standard InChI is InChI=1S/C20H26O7/c1-11-5-4-6-14(9-21)8-17-18(13(3)20(25)27-17)16(7-11)26-19(24)12(2)15(23)10-22/h5,8,15-18,21-23H,2-4,6-7,9-10H2,1H3/b11-5+,14-8-/t15-,16-,17+,18-/m0/s1. The molecule has 1 fully saturated rings. The number of aliphatic hydroxyl groups is 3. The molecule has 1 aliphatic heterocycles. The Balaban J connectivity index is 2.36. The Kier molecular flexibility index (Phi) is 7.12. The minimum Gasteiger partial charge on any atom is -0.458 e. The molecule has 148 valence electrons. The third-order valence-corrected chi connectivity index (χ3v) is 4.84. The summed E-state index contributed by atoms with van der Waals surface area (Å²) in [5, 5.41) is 28.2. The van der Waals surface area contributed by atoms with Gasteiger partial charge in [0, 0.05) is 12.0 Å². The van der Waals surface area contributed by atoms with Crippen LogP contribution in [0.4, 0.5) is 0 Å². The molecule has 7 heteroatoms. The summed E-state index contributed by atoms with van der Waals surface area (Å²) < 4.78 is 10.9. The molecule has 0 bridgehead atoms. The summed E-state index contributed by atoms with van der Waals surface area (Å²) in [6, 6.07) is 0. The number of carbonyl (C=O) groups is 2. The van der Waals surface area contributed by atoms with Crippen LogP contribution in [0.25, 0.3) is 0 Å². The van der Waals surface area contributed by atoms with Crippen molar-refractivity contribution in [3.63, 3.8) is 0 Å². The topological polar surface area (TPSA) is 113 Å². The molecular formula is C20H26O7. The van der Waals surface area contributed by atoms with Gasteiger partial charge >= 0.3 is 11.9 Å². The average Bonchev–Trinajstić information content (AvgIpc) is 2.92. The van der Waals surface area contributed by atoms with Crippen LogP contribution in [0.1, 0.15) is 26.2 Å². The summed E-state index contributed by atoms with van der Waals surface area (Å²) in [5.74, 6) is -2.05. The van der Waals surface area contributed by atoms with Gasteiger partial charge < -0.3 is 24.8 Å². The first-order valence-corrected chi connectivity index (χ1v) is 8.83. The Morgan fingerprint density at radius 3 is 2.78 bits per heavy atom. The van der Waals surface area contributed by atoms with E-state index in [1.165, 1.54) is 0 Å². The predicted molar refractivity (Wildman–Crippen MR) is 97.4 cm³/mol. The first-order valence-electron chi connectivity index (χ1n) is 8.83. The molecule has 4 atom stereocenters. The first kappa shape index (κ1) is 21.1. The van der Waals surface area contributed by atoms with E-state index in [-0.39, 0.29) is 17.8 Å². The first-order chi connectivity index (χ1) is 12.8. The predicted octanol–water partition coefficient (Wildman–Crippen LogP) is 0.954. The summed E-state index contributed by atoms with van der Waals surface area (Å²) in [6.07, 6.45) is 2.46. The largest absolute Gasteiger partial charge is 0.458 e. The number of rotatable bonds is 5. The highest BCUT2D eigenvalue weighted by Gasteiger charge is 2.44. The lowest BCUT2D eigenvalue weighted by Crippen LogP contribution is -2.35. The van der Waals surface area contributed by atoms with Crippen molar-refractivity contribution < 1.29 is 34.4 Å². The second-order valence-electron chi connectivity index (χ2n) is 6.86. The zero-order valence-corrected chi connectivity index (χ0v) is 15.4. The lowest BCUT2D eigenvalue weighted by molar-refractivity contribution is -0.148. The molecule has 0 radical (unpaired) electrons. The van der Waals surface area contributed by atoms with E-state index in [9.17, 15) is 19.8 Å². The van der Waals surface area contributed by atoms with E-state index in [0.29, 0.717) is 19.3 Å². The summed E-state index contributed by atoms with van der Waals surface area (Å²) >= 11 is 0. The monoisotopic (exact) mass is 378 g/mol. The van der Waals surface area contributed by atoms with Crippen LogP contribution in [0.2, 0.25) is 0 Å². The molecule has 2 aliphatic rings. The molecule has 7 nitrogen and oxygen atoms in total. The van der Waals surface area contributed by atoms with Crippen molar-refractivity contribution in [2.75, 3.05) is 13.2 Å². The molecule has 0 aromatic carbocycles. The number of ether oxygens (including phenoxy) is 2. The second-order valence-corrected chi connectivity index (χ2v) is 6.86. The van der Waals surface area contributed by atoms with Crippen LogP contribution in [0, 0.1) is 5.92 Å². The van der Waals surface area contributed by atoms with Crippen molar-refractivity contribution in [3.05, 3.63) is 47.6 Å². The molecule has 0 amide bonds. The third kappa shape index (κ3) is 4.94. The zero-order valence-electron chi connectivity index (χ0n) is 15.4. The van der Waals surface area contributed by atoms with Crippen LogP contribution in [-0.2, 0) is 19.1 Å². The quantitative estimate of drug-likeness (QED) is 0.371. The van der Waals surface area contributed by atoms with E-state index < -0.39 is 42.8 Å². The van der Waals surface area contributed by atoms with Crippen molar-refractivity contribution >= 4 is 11.9 Å². The highest BCUT2D eigenvalue weighted by Crippen LogP contribution is 2.36. The number of carbonyl (C=O) groups excluding carboxylic acids is 2. The zero-order chi connectivity index (χ0) is 20.1. The van der Waals surface area contributed by atoms with E-state index in [0.717, 1.165) is 11.1 Å². The maximum Gasteiger partial charge on any atom is 0.336 e. The molecule has 0 aromatic heterocycles. The number of fused-ring (bicyclic) bond motifs is 1. The molecule has 3 N–H and O–H groups in total. The van der Waals surface area contributed by atoms with E-state index in [1.807, 2.05) is 13.0 Å². The van der Waals surface area contributed by atoms with Crippen molar-refractivity contribution in [2.45, 2.75) is 44.5 Å². The number of allylic oxidation sites excluding steroid dienone is 1. The minimum absolute atomic E-state index is 0.163. The summed E-state index contributed by atoms with van der Waals surface area (Å²) in [7, 11) is 0. The molecule has 0 unspecified atom stereocenters. The normalized spacial score (nSPS) is 30.9. The molecule has 27 heavy (non-hydrogen) atoms. The van der Waals surface area contributed by atoms with Gasteiger partial charge in [0.2, 0.25) is 0 Å². The van der Waals surface area contributed by atoms with Crippen LogP contribution >= 0.6 is 0 Å². The minimum atomic E-state index is -1.42. The van der Waals surface area contributed by atoms with Gasteiger partial charge in [0.05, 0.1) is 24.7 Å². The molecule has 2 rings (SSSR count). The summed E-state index contributed by atoms with van der Waals surface area (Å²) in [6.45, 7) is 8.32. The Hall–Kier alpha value is -2.22. The van der Waals surface area contributed by atoms with Crippen LogP contribution in [0.3, 0.4) is 0 Å². The lowest BCUT2D eigenvalue weighted by atomic mass is 9.85. The van der Waals surface area contributed by atoms with Crippen molar-refractivity contribution in [3.8, 4) is 0 Å². The maximum atomic E-state index is 12.3. The van der Waals surface area contributed by atoms with Gasteiger partial charge in [-0.3, -0.25) is 0 Å². The van der Waals surface area contributed by atoms with Gasteiger partial charge in [-0.25, -0.2) is 9.59 Å². The van der Waals surface area contributed by atoms with Crippen LogP contribution in [0.5, 0.6) is 0 Å². The molecule has 0 spiro atoms. The number of hydrogen-bond acceptors (Lipinski definition) is 7. The molecule has 1 heterocycles. The van der Waals surface area contributed by atoms with Crippen LogP contribution < -0.4 is 0 Å². The van der Waals surface area contributed by atoms with Crippen molar-refractivity contribution in [2.24, 2.45) is 5.92 Å². The Morgan fingerprint density at radius 2 is 2.15 bits per heavy atom. The average molecular weight is 378 g/mol. The van der Waals surface area contributed by atoms with Crippen LogP contribution in [0.15, 0.2) is 47.6 Å². The Morgan fingerprint density at radius 1 is 1.44 bits per heavy atom. The summed E-state index contributed by atoms with van der Waals surface area (Å²) in [5.41, 5.74) is 1.60. The van der Waals surface area contributed by atoms with Crippen LogP contribution in [-0.4, -0.2) is 58.8 Å². The van der Waals surface area contributed by atoms with Gasteiger partial charge in [-0.05, 0) is 31.4 Å². The van der Waals surface area contributed by atoms with E-state index in [1.54, 1.807) is 6.08 Å². The van der Waals surface area contributed by atoms with Gasteiger partial charge in [-0.15, -0.1) is 0 Å². The molecular weight excluding hydrogens is 352 g/mol. The maximum absolute atomic E-state index is 12.3. The molecule has 1 aliphatic carbocycles. The number of aliphatic hydroxyl groups excluding tert-OH is 3. The van der Waals surface area contributed by atoms with Gasteiger partial charge in [0.15, 0.2) is 0 Å². The molecule has 1 saturated heterocycles. The number of esters is 2. The lowest BCUT2D eigenvalue weighted by Gasteiger charge is -2.28. The van der Waals surface area contributed by atoms with E-state index in [2.05, 4.69) is 13.2 Å². The SMILES string of the molecule is C=C1C(=O)O[C@@H]2/C=C(\CO)CC/C=C(\C)C[C@H](OC(=O)C(=C)[C@@H](O)CO)[C@H]12. The smallest absolute Gasteiger partial charge is 0.336 e. The molecule has 0 aromatic rings. The fourth-order valence-corrected chi connectivity index (χ4v) is 3.23. The van der Waals surface area contributed by atoms with E-state index >= 15 is 0 Å². The molecule has 0 saturated carbocycles. The fraction of sp³-hybridized carbons (Fsp3) is 0.500. The third-order valence-electron chi connectivity index (χ3n) is 4.84. The summed E-state index contributed by atoms with van der Waals surface area (Å²) in [4.78, 5) is 24.4. The van der Waals surface area contributed by atoms with Gasteiger partial charge in [0.1, 0.15) is 18.3 Å². The fourth-order valence-electron chi connectivity index (χ4n) is 3.23. The number of hydrogen-bond donors (Lipinski definition) is 3. The highest BCUT2D eigenvalue weighted by molar-refractivity contribution is 5.92. The van der Waals surface area contributed by atoms with Gasteiger partial charge in [-0.1, -0.05) is 24.8 Å². The second kappa shape index (κ2) is 9.12. The van der Waals surface area contributed by atoms with Gasteiger partial charge in [-0.2, -0.15) is 0 Å². The Labute approximate surface area is 158 Å². The van der Waals surface area contributed by atoms with E-state index in [4.69, 9.17) is 14.6 Å². The van der Waals surface area contributed by atoms with Crippen molar-refractivity contribution in [1.82, 2.24) is 0 Å². The van der Waals surface area contributed by atoms with Crippen molar-refractivity contribution in [1.29, 1.82) is 0 Å². The highest BCUT2D eigenvalue weighted by atomic mass is 16.6. The Bertz CT molecular complexity index is 688.